The van der Waals surface area contributed by atoms with E-state index in [9.17, 15) is 25.6 Å². The molecule has 0 heterocycles. The van der Waals surface area contributed by atoms with Gasteiger partial charge >= 0.3 is 0 Å². The minimum Gasteiger partial charge on any atom is -0.283 e. The van der Waals surface area contributed by atoms with Crippen LogP contribution >= 0.6 is 0 Å². The van der Waals surface area contributed by atoms with Crippen LogP contribution in [0.2, 0.25) is 0 Å². The first kappa shape index (κ1) is 20.1. The summed E-state index contributed by atoms with van der Waals surface area (Å²) in [6.45, 7) is 4.55. The summed E-state index contributed by atoms with van der Waals surface area (Å²) in [5.74, 6) is -2.13. The van der Waals surface area contributed by atoms with E-state index in [2.05, 4.69) is 4.72 Å². The van der Waals surface area contributed by atoms with E-state index in [1.807, 2.05) is 4.72 Å². The van der Waals surface area contributed by atoms with Gasteiger partial charge in [0.15, 0.2) is 0 Å². The van der Waals surface area contributed by atoms with Gasteiger partial charge < -0.3 is 0 Å². The predicted molar refractivity (Wildman–Crippen MR) is 96.3 cm³/mol. The molecular formula is C16H18F2N2O4S2. The van der Waals surface area contributed by atoms with Gasteiger partial charge in [-0.25, -0.2) is 25.6 Å². The van der Waals surface area contributed by atoms with Crippen molar-refractivity contribution in [2.45, 2.75) is 25.7 Å². The number of hydrogen-bond acceptors (Lipinski definition) is 4. The van der Waals surface area contributed by atoms with Gasteiger partial charge in [-0.1, -0.05) is 12.1 Å². The maximum absolute atomic E-state index is 13.8. The molecule has 0 unspecified atom stereocenters. The lowest BCUT2D eigenvalue weighted by atomic mass is 10.1. The molecule has 0 radical (unpaired) electrons. The molecule has 0 atom stereocenters. The van der Waals surface area contributed by atoms with Crippen LogP contribution in [-0.2, 0) is 20.0 Å². The summed E-state index contributed by atoms with van der Waals surface area (Å²) in [5.41, 5.74) is 0.249. The molecule has 0 aromatic heterocycles. The second kappa shape index (κ2) is 6.84. The standard InChI is InChI=1S/C16H18F2N2O4S2/c1-9-8-10(2)16(11(3)14(9)19-25(4,21)22)26(23,24)20-15-12(17)6-5-7-13(15)18/h5-8,19-20H,1-4H3. The molecular weight excluding hydrogens is 386 g/mol. The molecule has 0 saturated heterocycles. The van der Waals surface area contributed by atoms with Crippen molar-refractivity contribution in [3.8, 4) is 0 Å². The number of para-hydroxylation sites is 1. The van der Waals surface area contributed by atoms with Crippen LogP contribution in [0.1, 0.15) is 16.7 Å². The average molecular weight is 404 g/mol. The third kappa shape index (κ3) is 4.13. The Labute approximate surface area is 151 Å². The average Bonchev–Trinajstić information content (AvgIpc) is 2.46. The summed E-state index contributed by atoms with van der Waals surface area (Å²) in [5, 5.41) is 0. The molecule has 0 amide bonds. The van der Waals surface area contributed by atoms with Crippen LogP contribution in [0.4, 0.5) is 20.2 Å². The van der Waals surface area contributed by atoms with Crippen molar-refractivity contribution in [1.29, 1.82) is 0 Å². The Kier molecular flexibility index (Phi) is 5.29. The minimum absolute atomic E-state index is 0.104. The van der Waals surface area contributed by atoms with E-state index in [0.717, 1.165) is 24.5 Å². The van der Waals surface area contributed by atoms with Gasteiger partial charge in [-0.2, -0.15) is 0 Å². The van der Waals surface area contributed by atoms with Gasteiger partial charge in [0.05, 0.1) is 16.8 Å². The number of aryl methyl sites for hydroxylation is 2. The first-order chi connectivity index (χ1) is 11.8. The molecule has 0 fully saturated rings. The van der Waals surface area contributed by atoms with Crippen LogP contribution in [-0.4, -0.2) is 23.1 Å². The Morgan fingerprint density at radius 1 is 0.846 bits per heavy atom. The van der Waals surface area contributed by atoms with Gasteiger partial charge in [0, 0.05) is 0 Å². The third-order valence-corrected chi connectivity index (χ3v) is 5.87. The molecule has 26 heavy (non-hydrogen) atoms. The third-order valence-electron chi connectivity index (χ3n) is 3.66. The predicted octanol–water partition coefficient (Wildman–Crippen LogP) is 3.06. The summed E-state index contributed by atoms with van der Waals surface area (Å²) in [6, 6.07) is 4.44. The molecule has 0 spiro atoms. The van der Waals surface area contributed by atoms with E-state index in [0.29, 0.717) is 11.1 Å². The zero-order chi connectivity index (χ0) is 19.9. The van der Waals surface area contributed by atoms with Gasteiger partial charge in [0.25, 0.3) is 10.0 Å². The van der Waals surface area contributed by atoms with Crippen molar-refractivity contribution >= 4 is 31.4 Å². The number of rotatable bonds is 5. The molecule has 2 rings (SSSR count). The van der Waals surface area contributed by atoms with Crippen LogP contribution in [0.5, 0.6) is 0 Å². The minimum atomic E-state index is -4.38. The Hall–Kier alpha value is -2.20. The molecule has 0 bridgehead atoms. The summed E-state index contributed by atoms with van der Waals surface area (Å²) in [6.07, 6.45) is 0.937. The number of sulfonamides is 2. The van der Waals surface area contributed by atoms with Crippen molar-refractivity contribution in [3.63, 3.8) is 0 Å². The van der Waals surface area contributed by atoms with Crippen molar-refractivity contribution in [2.24, 2.45) is 0 Å². The molecule has 2 N–H and O–H groups in total. The first-order valence-electron chi connectivity index (χ1n) is 7.39. The van der Waals surface area contributed by atoms with Crippen LogP contribution in [0, 0.1) is 32.4 Å². The van der Waals surface area contributed by atoms with Gasteiger partial charge in [-0.3, -0.25) is 9.44 Å². The van der Waals surface area contributed by atoms with E-state index in [4.69, 9.17) is 0 Å². The normalized spacial score (nSPS) is 12.1. The van der Waals surface area contributed by atoms with Gasteiger partial charge in [-0.05, 0) is 49.6 Å². The Balaban J connectivity index is 2.65. The van der Waals surface area contributed by atoms with E-state index in [-0.39, 0.29) is 16.1 Å². The fourth-order valence-electron chi connectivity index (χ4n) is 2.70. The second-order valence-corrected chi connectivity index (χ2v) is 9.28. The Bertz CT molecular complexity index is 1060. The molecule has 0 aliphatic heterocycles. The van der Waals surface area contributed by atoms with Crippen LogP contribution in [0.15, 0.2) is 29.2 Å². The van der Waals surface area contributed by atoms with Gasteiger partial charge in [-0.15, -0.1) is 0 Å². The van der Waals surface area contributed by atoms with Crippen LogP contribution in [0.3, 0.4) is 0 Å². The highest BCUT2D eigenvalue weighted by Crippen LogP contribution is 2.32. The number of nitrogens with one attached hydrogen (secondary N) is 2. The number of benzene rings is 2. The zero-order valence-electron chi connectivity index (χ0n) is 14.5. The van der Waals surface area contributed by atoms with E-state index < -0.39 is 37.4 Å². The Morgan fingerprint density at radius 2 is 1.38 bits per heavy atom. The molecule has 2 aromatic rings. The van der Waals surface area contributed by atoms with Crippen molar-refractivity contribution < 1.29 is 25.6 Å². The highest BCUT2D eigenvalue weighted by molar-refractivity contribution is 7.93. The monoisotopic (exact) mass is 404 g/mol. The summed E-state index contributed by atoms with van der Waals surface area (Å²) < 4.78 is 80.4. The fourth-order valence-corrected chi connectivity index (χ4v) is 4.94. The maximum Gasteiger partial charge on any atom is 0.262 e. The summed E-state index contributed by atoms with van der Waals surface area (Å²) in [4.78, 5) is -0.253. The smallest absolute Gasteiger partial charge is 0.262 e. The molecule has 0 saturated carbocycles. The van der Waals surface area contributed by atoms with Crippen LogP contribution < -0.4 is 9.44 Å². The lowest BCUT2D eigenvalue weighted by Crippen LogP contribution is -2.20. The van der Waals surface area contributed by atoms with Crippen molar-refractivity contribution in [2.75, 3.05) is 15.7 Å². The fraction of sp³-hybridized carbons (Fsp3) is 0.250. The van der Waals surface area contributed by atoms with Gasteiger partial charge in [0.1, 0.15) is 17.3 Å². The molecule has 10 heteroatoms. The molecule has 0 aliphatic rings. The molecule has 2 aromatic carbocycles. The van der Waals surface area contributed by atoms with Crippen LogP contribution in [0.25, 0.3) is 0 Å². The molecule has 6 nitrogen and oxygen atoms in total. The lowest BCUT2D eigenvalue weighted by Gasteiger charge is -2.19. The summed E-state index contributed by atoms with van der Waals surface area (Å²) in [7, 11) is -8.03. The summed E-state index contributed by atoms with van der Waals surface area (Å²) >= 11 is 0. The quantitative estimate of drug-likeness (QED) is 0.801. The number of anilines is 2. The topological polar surface area (TPSA) is 92.3 Å². The van der Waals surface area contributed by atoms with Gasteiger partial charge in [0.2, 0.25) is 10.0 Å². The highest BCUT2D eigenvalue weighted by atomic mass is 32.2. The SMILES string of the molecule is Cc1cc(C)c(S(=O)(=O)Nc2c(F)cccc2F)c(C)c1NS(C)(=O)=O. The number of halogens is 2. The van der Waals surface area contributed by atoms with Crippen molar-refractivity contribution in [3.05, 3.63) is 52.6 Å². The number of hydrogen-bond donors (Lipinski definition) is 2. The van der Waals surface area contributed by atoms with E-state index in [1.165, 1.54) is 19.9 Å². The second-order valence-electron chi connectivity index (χ2n) is 5.92. The van der Waals surface area contributed by atoms with Crippen molar-refractivity contribution in [1.82, 2.24) is 0 Å². The highest BCUT2D eigenvalue weighted by Gasteiger charge is 2.26. The lowest BCUT2D eigenvalue weighted by molar-refractivity contribution is 0.582. The zero-order valence-corrected chi connectivity index (χ0v) is 16.1. The Morgan fingerprint density at radius 3 is 1.88 bits per heavy atom. The molecule has 142 valence electrons. The first-order valence-corrected chi connectivity index (χ1v) is 10.8. The largest absolute Gasteiger partial charge is 0.283 e. The maximum atomic E-state index is 13.8. The molecule has 0 aliphatic carbocycles. The van der Waals surface area contributed by atoms with E-state index >= 15 is 0 Å². The van der Waals surface area contributed by atoms with E-state index in [1.54, 1.807) is 6.92 Å².